The zero-order valence-electron chi connectivity index (χ0n) is 18.8. The van der Waals surface area contributed by atoms with Gasteiger partial charge in [0.05, 0.1) is 6.10 Å². The molecule has 2 saturated carbocycles. The summed E-state index contributed by atoms with van der Waals surface area (Å²) in [5.41, 5.74) is -7.01. The minimum Gasteiger partial charge on any atom is -0.478 e. The van der Waals surface area contributed by atoms with Crippen LogP contribution in [0.5, 0.6) is 0 Å². The van der Waals surface area contributed by atoms with Gasteiger partial charge in [-0.15, -0.1) is 0 Å². The number of carboxylic acid groups (broad SMARTS) is 1. The van der Waals surface area contributed by atoms with E-state index in [4.69, 9.17) is 4.74 Å². The molecule has 5 unspecified atom stereocenters. The molecule has 0 radical (unpaired) electrons. The molecule has 0 bridgehead atoms. The van der Waals surface area contributed by atoms with Gasteiger partial charge < -0.3 is 14.9 Å². The van der Waals surface area contributed by atoms with E-state index in [1.807, 2.05) is 0 Å². The van der Waals surface area contributed by atoms with Crippen molar-refractivity contribution in [3.05, 3.63) is 23.6 Å². The van der Waals surface area contributed by atoms with Crippen molar-refractivity contribution >= 4 is 17.7 Å². The minimum absolute atomic E-state index is 0.0286. The van der Waals surface area contributed by atoms with Crippen LogP contribution in [0.2, 0.25) is 0 Å². The maximum atomic E-state index is 17.1. The Morgan fingerprint density at radius 3 is 2.53 bits per heavy atom. The van der Waals surface area contributed by atoms with Crippen LogP contribution in [-0.4, -0.2) is 45.3 Å². The predicted octanol–water partition coefficient (Wildman–Crippen LogP) is 3.68. The lowest BCUT2D eigenvalue weighted by atomic mass is 9.45. The van der Waals surface area contributed by atoms with E-state index in [1.165, 1.54) is 19.1 Å². The monoisotopic (exact) mass is 452 g/mol. The second kappa shape index (κ2) is 6.95. The number of aliphatic hydroxyl groups excluding tert-OH is 1. The van der Waals surface area contributed by atoms with E-state index in [0.717, 1.165) is 0 Å². The highest BCUT2D eigenvalue weighted by Gasteiger charge is 2.78. The van der Waals surface area contributed by atoms with Crippen LogP contribution < -0.4 is 0 Å². The van der Waals surface area contributed by atoms with Crippen molar-refractivity contribution in [1.82, 2.24) is 0 Å². The summed E-state index contributed by atoms with van der Waals surface area (Å²) >= 11 is 0. The zero-order chi connectivity index (χ0) is 23.9. The first-order valence-corrected chi connectivity index (χ1v) is 11.2. The van der Waals surface area contributed by atoms with Gasteiger partial charge in [-0.25, -0.2) is 13.6 Å². The van der Waals surface area contributed by atoms with Gasteiger partial charge in [0, 0.05) is 41.9 Å². The molecule has 176 valence electrons. The van der Waals surface area contributed by atoms with Crippen LogP contribution in [0.1, 0.15) is 59.8 Å². The van der Waals surface area contributed by atoms with Crippen molar-refractivity contribution in [1.29, 1.82) is 0 Å². The summed E-state index contributed by atoms with van der Waals surface area (Å²) in [6.07, 6.45) is 0.311. The molecule has 4 rings (SSSR count). The molecule has 0 aromatic rings. The zero-order valence-corrected chi connectivity index (χ0v) is 18.8. The number of aliphatic carboxylic acids is 1. The van der Waals surface area contributed by atoms with Crippen molar-refractivity contribution in [3.8, 4) is 0 Å². The quantitative estimate of drug-likeness (QED) is 0.634. The highest BCUT2D eigenvalue weighted by atomic mass is 19.1. The normalized spacial score (nSPS) is 47.5. The third kappa shape index (κ3) is 2.50. The van der Waals surface area contributed by atoms with E-state index < -0.39 is 63.7 Å². The van der Waals surface area contributed by atoms with Crippen LogP contribution in [0.3, 0.4) is 0 Å². The lowest BCUT2D eigenvalue weighted by Gasteiger charge is -2.62. The maximum Gasteiger partial charge on any atom is 0.349 e. The van der Waals surface area contributed by atoms with Crippen LogP contribution >= 0.6 is 0 Å². The number of hydrogen-bond acceptors (Lipinski definition) is 5. The summed E-state index contributed by atoms with van der Waals surface area (Å²) in [5.74, 6) is -5.28. The first-order valence-electron chi connectivity index (χ1n) is 11.2. The van der Waals surface area contributed by atoms with Crippen LogP contribution in [0, 0.1) is 28.6 Å². The summed E-state index contributed by atoms with van der Waals surface area (Å²) in [7, 11) is 0. The fraction of sp³-hybridized carbons (Fsp3) is 0.708. The summed E-state index contributed by atoms with van der Waals surface area (Å²) in [6.45, 7) is 6.32. The molecular formula is C24H30F2O6. The molecule has 4 aliphatic rings. The third-order valence-electron chi connectivity index (χ3n) is 9.08. The average molecular weight is 452 g/mol. The number of carboxylic acids is 1. The standard InChI is InChI=1S/C24H30F2O6/c1-5-19(29)32-24(20(30)31)12(2)8-14-15-10-17(25)16-9-13(27)6-7-21(16,3)23(15,26)18(28)11-22(14,24)4/h6-7,12,14-15,18,28H,5,8-11H2,1-4H3,(H,30,31)/t12-,14?,15?,18+,21?,22?,23+,24?/m1/s1. The van der Waals surface area contributed by atoms with Crippen LogP contribution in [0.25, 0.3) is 0 Å². The number of hydrogen-bond donors (Lipinski definition) is 2. The number of fused-ring (bicyclic) bond motifs is 5. The van der Waals surface area contributed by atoms with Gasteiger partial charge in [0.1, 0.15) is 5.83 Å². The Hall–Kier alpha value is -2.09. The second-order valence-electron chi connectivity index (χ2n) is 10.4. The van der Waals surface area contributed by atoms with E-state index in [0.29, 0.717) is 0 Å². The molecule has 8 atom stereocenters. The lowest BCUT2D eigenvalue weighted by Crippen LogP contribution is -2.69. The molecule has 0 aromatic carbocycles. The average Bonchev–Trinajstić information content (AvgIpc) is 2.93. The molecule has 0 heterocycles. The van der Waals surface area contributed by atoms with Gasteiger partial charge in [0.15, 0.2) is 11.5 Å². The van der Waals surface area contributed by atoms with Crippen LogP contribution in [0.15, 0.2) is 23.6 Å². The molecule has 0 saturated heterocycles. The van der Waals surface area contributed by atoms with Crippen LogP contribution in [0.4, 0.5) is 8.78 Å². The number of carbonyl (C=O) groups excluding carboxylic acids is 2. The Balaban J connectivity index is 1.89. The highest BCUT2D eigenvalue weighted by molar-refractivity contribution is 5.93. The van der Waals surface area contributed by atoms with E-state index in [9.17, 15) is 24.6 Å². The molecular weight excluding hydrogens is 422 g/mol. The van der Waals surface area contributed by atoms with Crippen molar-refractivity contribution in [2.24, 2.45) is 28.6 Å². The van der Waals surface area contributed by atoms with Crippen molar-refractivity contribution in [2.75, 3.05) is 0 Å². The molecule has 0 aromatic heterocycles. The van der Waals surface area contributed by atoms with Gasteiger partial charge in [-0.05, 0) is 37.3 Å². The van der Waals surface area contributed by atoms with Gasteiger partial charge >= 0.3 is 11.9 Å². The fourth-order valence-corrected chi connectivity index (χ4v) is 7.47. The Kier molecular flexibility index (Phi) is 5.02. The Morgan fingerprint density at radius 2 is 1.94 bits per heavy atom. The summed E-state index contributed by atoms with van der Waals surface area (Å²) in [5, 5.41) is 21.5. The number of ketones is 1. The molecule has 2 fully saturated rings. The molecule has 0 amide bonds. The summed E-state index contributed by atoms with van der Waals surface area (Å²) in [6, 6.07) is 0. The maximum absolute atomic E-state index is 17.1. The topological polar surface area (TPSA) is 101 Å². The Morgan fingerprint density at radius 1 is 1.28 bits per heavy atom. The third-order valence-corrected chi connectivity index (χ3v) is 9.08. The van der Waals surface area contributed by atoms with Crippen molar-refractivity contribution in [2.45, 2.75) is 77.2 Å². The summed E-state index contributed by atoms with van der Waals surface area (Å²) < 4.78 is 38.0. The number of ether oxygens (including phenoxy) is 1. The SMILES string of the molecule is CCC(=O)OC1(C(=O)O)[C@H](C)CC2C3CC(F)=C4CC(=O)C=CC4(C)[C@@]3(F)[C@@H](O)CC21C. The van der Waals surface area contributed by atoms with E-state index >= 15 is 8.78 Å². The van der Waals surface area contributed by atoms with E-state index in [2.05, 4.69) is 0 Å². The predicted molar refractivity (Wildman–Crippen MR) is 110 cm³/mol. The molecule has 0 aliphatic heterocycles. The number of halogens is 2. The first-order chi connectivity index (χ1) is 14.8. The van der Waals surface area contributed by atoms with Crippen LogP contribution in [-0.2, 0) is 19.1 Å². The largest absolute Gasteiger partial charge is 0.478 e. The molecule has 32 heavy (non-hydrogen) atoms. The fourth-order valence-electron chi connectivity index (χ4n) is 7.47. The van der Waals surface area contributed by atoms with Gasteiger partial charge in [0.25, 0.3) is 0 Å². The van der Waals surface area contributed by atoms with E-state index in [-0.39, 0.29) is 43.5 Å². The molecule has 6 nitrogen and oxygen atoms in total. The number of alkyl halides is 1. The van der Waals surface area contributed by atoms with Crippen molar-refractivity contribution in [3.63, 3.8) is 0 Å². The number of rotatable bonds is 3. The highest BCUT2D eigenvalue weighted by Crippen LogP contribution is 2.71. The number of carbonyl (C=O) groups is 3. The molecule has 8 heteroatoms. The first kappa shape index (κ1) is 23.1. The lowest BCUT2D eigenvalue weighted by molar-refractivity contribution is -0.232. The number of esters is 1. The summed E-state index contributed by atoms with van der Waals surface area (Å²) in [4.78, 5) is 36.8. The van der Waals surface area contributed by atoms with Gasteiger partial charge in [-0.1, -0.05) is 26.8 Å². The number of aliphatic hydroxyl groups is 1. The molecule has 4 aliphatic carbocycles. The molecule has 2 N–H and O–H groups in total. The second-order valence-corrected chi connectivity index (χ2v) is 10.4. The Labute approximate surface area is 185 Å². The van der Waals surface area contributed by atoms with Gasteiger partial charge in [-0.2, -0.15) is 0 Å². The minimum atomic E-state index is -2.29. The van der Waals surface area contributed by atoms with Gasteiger partial charge in [-0.3, -0.25) is 9.59 Å². The van der Waals surface area contributed by atoms with Gasteiger partial charge in [0.2, 0.25) is 5.60 Å². The number of allylic oxidation sites excluding steroid dienone is 4. The van der Waals surface area contributed by atoms with Crippen molar-refractivity contribution < 1.29 is 38.1 Å². The Bertz CT molecular complexity index is 958. The smallest absolute Gasteiger partial charge is 0.349 e. The van der Waals surface area contributed by atoms with E-state index in [1.54, 1.807) is 20.8 Å². The molecule has 0 spiro atoms.